The van der Waals surface area contributed by atoms with Gasteiger partial charge in [-0.3, -0.25) is 5.10 Å². The maximum atomic E-state index is 6.43. The molecule has 4 heterocycles. The molecule has 2 fully saturated rings. The van der Waals surface area contributed by atoms with E-state index in [9.17, 15) is 0 Å². The molecule has 0 bridgehead atoms. The second-order valence-corrected chi connectivity index (χ2v) is 9.01. The Morgan fingerprint density at radius 2 is 1.90 bits per heavy atom. The van der Waals surface area contributed by atoms with Crippen molar-refractivity contribution in [1.29, 1.82) is 0 Å². The molecule has 0 saturated carbocycles. The molecule has 31 heavy (non-hydrogen) atoms. The summed E-state index contributed by atoms with van der Waals surface area (Å²) in [7, 11) is 8.70. The van der Waals surface area contributed by atoms with Crippen LogP contribution in [-0.4, -0.2) is 71.6 Å². The van der Waals surface area contributed by atoms with E-state index in [0.29, 0.717) is 11.0 Å². The molecule has 7 heteroatoms. The normalized spacial score (nSPS) is 21.2. The van der Waals surface area contributed by atoms with Gasteiger partial charge in [0, 0.05) is 43.4 Å². The lowest BCUT2D eigenvalue weighted by Crippen LogP contribution is -2.62. The van der Waals surface area contributed by atoms with Crippen LogP contribution in [0, 0.1) is 0 Å². The number of piperidine rings is 1. The van der Waals surface area contributed by atoms with Gasteiger partial charge in [-0.05, 0) is 49.9 Å². The predicted molar refractivity (Wildman–Crippen MR) is 127 cm³/mol. The number of nitrogens with one attached hydrogen (secondary N) is 1. The molecule has 2 saturated heterocycles. The first-order valence-corrected chi connectivity index (χ1v) is 11.3. The van der Waals surface area contributed by atoms with Gasteiger partial charge < -0.3 is 9.80 Å². The quantitative estimate of drug-likeness (QED) is 0.789. The van der Waals surface area contributed by atoms with Crippen LogP contribution in [0.2, 0.25) is 0 Å². The second kappa shape index (κ2) is 8.11. The maximum absolute atomic E-state index is 6.43. The zero-order chi connectivity index (χ0) is 21.4. The van der Waals surface area contributed by atoms with E-state index in [2.05, 4.69) is 51.2 Å². The molecule has 5 rings (SSSR count). The molecule has 3 aliphatic rings. The Morgan fingerprint density at radius 1 is 1.10 bits per heavy atom. The lowest BCUT2D eigenvalue weighted by Gasteiger charge is -2.55. The molecule has 2 aromatic rings. The van der Waals surface area contributed by atoms with Crippen LogP contribution in [0.5, 0.6) is 0 Å². The van der Waals surface area contributed by atoms with Crippen LogP contribution >= 0.6 is 0 Å². The summed E-state index contributed by atoms with van der Waals surface area (Å²) in [6.07, 6.45) is 11.4. The van der Waals surface area contributed by atoms with Gasteiger partial charge >= 0.3 is 0 Å². The summed E-state index contributed by atoms with van der Waals surface area (Å²) in [6, 6.07) is 6.09. The van der Waals surface area contributed by atoms with Gasteiger partial charge in [0.2, 0.25) is 0 Å². The van der Waals surface area contributed by atoms with Crippen molar-refractivity contribution in [3.63, 3.8) is 0 Å². The third-order valence-corrected chi connectivity index (χ3v) is 7.39. The van der Waals surface area contributed by atoms with Gasteiger partial charge in [-0.2, -0.15) is 5.10 Å². The lowest BCUT2D eigenvalue weighted by atomic mass is 9.77. The van der Waals surface area contributed by atoms with E-state index < -0.39 is 0 Å². The van der Waals surface area contributed by atoms with Crippen LogP contribution in [0.1, 0.15) is 44.6 Å². The summed E-state index contributed by atoms with van der Waals surface area (Å²) in [5.41, 5.74) is 6.31. The van der Waals surface area contributed by atoms with Gasteiger partial charge in [-0.15, -0.1) is 10.2 Å². The minimum Gasteiger partial charge on any atom is -0.358 e. The zero-order valence-electron chi connectivity index (χ0n) is 18.4. The summed E-state index contributed by atoms with van der Waals surface area (Å²) in [4.78, 5) is 4.97. The summed E-state index contributed by atoms with van der Waals surface area (Å²) in [5, 5.41) is 16.3. The Labute approximate surface area is 185 Å². The summed E-state index contributed by atoms with van der Waals surface area (Å²) in [5.74, 6) is 1.09. The standard InChI is InChI=1S/C24H29BN6/c1-3-17-12-22(20-5-4-18(14-21(20)25)19-15-26-27-16-19)28-29-23(13-17)31-10-7-24(8-11-31)6-9-30(24)2/h4-5,12,14-16H,3,6-11,13H2,1-2H3,(H,26,27). The molecule has 1 spiro atoms. The Morgan fingerprint density at radius 3 is 2.52 bits per heavy atom. The van der Waals surface area contributed by atoms with Crippen molar-refractivity contribution < 1.29 is 0 Å². The first kappa shape index (κ1) is 20.2. The van der Waals surface area contributed by atoms with Crippen LogP contribution < -0.4 is 5.46 Å². The fourth-order valence-electron chi connectivity index (χ4n) is 5.01. The van der Waals surface area contributed by atoms with E-state index in [-0.39, 0.29) is 0 Å². The van der Waals surface area contributed by atoms with E-state index >= 15 is 0 Å². The molecule has 0 atom stereocenters. The molecule has 1 aromatic carbocycles. The molecule has 6 nitrogen and oxygen atoms in total. The Kier molecular flexibility index (Phi) is 5.30. The van der Waals surface area contributed by atoms with Gasteiger partial charge in [0.05, 0.1) is 11.9 Å². The van der Waals surface area contributed by atoms with Gasteiger partial charge in [-0.25, -0.2) is 0 Å². The topological polar surface area (TPSA) is 59.9 Å². The highest BCUT2D eigenvalue weighted by Gasteiger charge is 2.44. The molecular formula is C24H29BN6. The van der Waals surface area contributed by atoms with Crippen molar-refractivity contribution >= 4 is 24.9 Å². The largest absolute Gasteiger partial charge is 0.358 e. The molecular weight excluding hydrogens is 383 g/mol. The predicted octanol–water partition coefficient (Wildman–Crippen LogP) is 2.88. The number of aromatic amines is 1. The first-order chi connectivity index (χ1) is 15.1. The van der Waals surface area contributed by atoms with E-state index in [1.165, 1.54) is 31.4 Å². The van der Waals surface area contributed by atoms with Crippen molar-refractivity contribution in [2.24, 2.45) is 10.2 Å². The van der Waals surface area contributed by atoms with Crippen LogP contribution in [0.15, 0.2) is 52.4 Å². The molecule has 1 N–H and O–H groups in total. The molecule has 3 aliphatic heterocycles. The number of H-pyrrole nitrogens is 1. The smallest absolute Gasteiger partial charge is 0.131 e. The number of hydrogen-bond donors (Lipinski definition) is 1. The summed E-state index contributed by atoms with van der Waals surface area (Å²) in [6.45, 7) is 5.56. The van der Waals surface area contributed by atoms with E-state index in [1.54, 1.807) is 6.20 Å². The number of aromatic nitrogens is 2. The third kappa shape index (κ3) is 3.76. The number of amidine groups is 1. The number of allylic oxidation sites excluding steroid dienone is 1. The second-order valence-electron chi connectivity index (χ2n) is 9.01. The fraction of sp³-hybridized carbons (Fsp3) is 0.458. The lowest BCUT2D eigenvalue weighted by molar-refractivity contribution is -0.0286. The Balaban J connectivity index is 1.39. The fourth-order valence-corrected chi connectivity index (χ4v) is 5.01. The summed E-state index contributed by atoms with van der Waals surface area (Å²) >= 11 is 0. The maximum Gasteiger partial charge on any atom is 0.131 e. The van der Waals surface area contributed by atoms with Crippen molar-refractivity contribution in [3.05, 3.63) is 47.8 Å². The number of hydrogen-bond acceptors (Lipinski definition) is 5. The van der Waals surface area contributed by atoms with Crippen LogP contribution in [0.25, 0.3) is 11.1 Å². The molecule has 0 unspecified atom stereocenters. The number of likely N-dealkylation sites (tertiary alicyclic amines) is 2. The Hall–Kier alpha value is -2.67. The van der Waals surface area contributed by atoms with Gasteiger partial charge in [0.25, 0.3) is 0 Å². The number of benzene rings is 1. The van der Waals surface area contributed by atoms with Crippen molar-refractivity contribution in [2.45, 2.75) is 44.6 Å². The van der Waals surface area contributed by atoms with E-state index in [4.69, 9.17) is 12.9 Å². The molecule has 0 aliphatic carbocycles. The minimum atomic E-state index is 0.435. The average Bonchev–Trinajstić information content (AvgIpc) is 3.25. The first-order valence-electron chi connectivity index (χ1n) is 11.3. The van der Waals surface area contributed by atoms with Crippen molar-refractivity contribution in [1.82, 2.24) is 20.0 Å². The van der Waals surface area contributed by atoms with E-state index in [0.717, 1.165) is 54.2 Å². The molecule has 1 aromatic heterocycles. The van der Waals surface area contributed by atoms with Crippen LogP contribution in [0.4, 0.5) is 0 Å². The average molecular weight is 412 g/mol. The molecule has 158 valence electrons. The molecule has 2 radical (unpaired) electrons. The van der Waals surface area contributed by atoms with Gasteiger partial charge in [0.1, 0.15) is 13.7 Å². The van der Waals surface area contributed by atoms with Crippen molar-refractivity contribution in [3.8, 4) is 11.1 Å². The summed E-state index contributed by atoms with van der Waals surface area (Å²) < 4.78 is 0. The SMILES string of the molecule is [B]c1cc(-c2cn[nH]c2)ccc1C1=NN=C(N2CCC3(CC2)CCN3C)CC(CC)=C1. The highest BCUT2D eigenvalue weighted by Crippen LogP contribution is 2.38. The number of rotatable bonds is 3. The van der Waals surface area contributed by atoms with Crippen LogP contribution in [-0.2, 0) is 0 Å². The Bertz CT molecular complexity index is 1040. The van der Waals surface area contributed by atoms with Crippen LogP contribution in [0.3, 0.4) is 0 Å². The van der Waals surface area contributed by atoms with Crippen molar-refractivity contribution in [2.75, 3.05) is 26.7 Å². The highest BCUT2D eigenvalue weighted by molar-refractivity contribution is 6.38. The highest BCUT2D eigenvalue weighted by atomic mass is 15.3. The number of nitrogens with zero attached hydrogens (tertiary/aromatic N) is 5. The minimum absolute atomic E-state index is 0.435. The van der Waals surface area contributed by atoms with E-state index in [1.807, 2.05) is 18.3 Å². The van der Waals surface area contributed by atoms with Gasteiger partial charge in [0.15, 0.2) is 0 Å². The monoisotopic (exact) mass is 412 g/mol. The van der Waals surface area contributed by atoms with Gasteiger partial charge in [-0.1, -0.05) is 36.2 Å². The third-order valence-electron chi connectivity index (χ3n) is 7.39. The molecule has 0 amide bonds. The zero-order valence-corrected chi connectivity index (χ0v) is 18.4.